The van der Waals surface area contributed by atoms with Crippen molar-refractivity contribution in [2.24, 2.45) is 5.92 Å². The molecule has 112 valence electrons. The molecule has 0 saturated carbocycles. The first-order valence-electron chi connectivity index (χ1n) is 7.21. The fourth-order valence-electron chi connectivity index (χ4n) is 1.87. The third kappa shape index (κ3) is 5.04. The maximum atomic E-state index is 11.6. The molecule has 2 aromatic rings. The van der Waals surface area contributed by atoms with Crippen LogP contribution >= 0.6 is 0 Å². The van der Waals surface area contributed by atoms with Crippen LogP contribution in [0.2, 0.25) is 0 Å². The molecule has 0 spiro atoms. The highest BCUT2D eigenvalue weighted by atomic mass is 16.1. The number of nitrogens with zero attached hydrogens (tertiary/aromatic N) is 2. The number of hydrogen-bond donors (Lipinski definition) is 2. The number of amides is 1. The van der Waals surface area contributed by atoms with Crippen LogP contribution in [0.25, 0.3) is 5.69 Å². The van der Waals surface area contributed by atoms with E-state index in [2.05, 4.69) is 29.6 Å². The summed E-state index contributed by atoms with van der Waals surface area (Å²) in [5, 5.41) is 10.3. The number of aromatic nitrogens is 2. The minimum Gasteiger partial charge on any atom is -0.355 e. The molecule has 0 bridgehead atoms. The van der Waals surface area contributed by atoms with Crippen LogP contribution in [0.5, 0.6) is 0 Å². The zero-order valence-electron chi connectivity index (χ0n) is 12.5. The van der Waals surface area contributed by atoms with E-state index in [4.69, 9.17) is 0 Å². The molecule has 0 unspecified atom stereocenters. The first kappa shape index (κ1) is 15.3. The van der Waals surface area contributed by atoms with Gasteiger partial charge in [0.1, 0.15) is 0 Å². The summed E-state index contributed by atoms with van der Waals surface area (Å²) in [6.07, 6.45) is 3.78. The number of hydrogen-bond acceptors (Lipinski definition) is 3. The Morgan fingerprint density at radius 2 is 2.05 bits per heavy atom. The van der Waals surface area contributed by atoms with E-state index in [-0.39, 0.29) is 5.91 Å². The topological polar surface area (TPSA) is 59.0 Å². The van der Waals surface area contributed by atoms with Crippen LogP contribution in [0.3, 0.4) is 0 Å². The Labute approximate surface area is 125 Å². The van der Waals surface area contributed by atoms with Gasteiger partial charge in [-0.25, -0.2) is 4.68 Å². The number of benzene rings is 1. The smallest absolute Gasteiger partial charge is 0.233 e. The van der Waals surface area contributed by atoms with Gasteiger partial charge in [-0.3, -0.25) is 4.79 Å². The largest absolute Gasteiger partial charge is 0.355 e. The number of carbonyl (C=O) groups excluding carboxylic acids is 1. The standard InChI is InChI=1S/C16H22N4O/c1-13(2)8-18-16(21)11-17-9-14-10-19-20(12-14)15-6-4-3-5-7-15/h3-7,10,12-13,17H,8-9,11H2,1-2H3,(H,18,21). The van der Waals surface area contributed by atoms with Gasteiger partial charge in [0.05, 0.1) is 18.4 Å². The molecule has 1 aromatic heterocycles. The Hall–Kier alpha value is -2.14. The Balaban J connectivity index is 1.77. The van der Waals surface area contributed by atoms with Gasteiger partial charge in [0.15, 0.2) is 0 Å². The number of para-hydroxylation sites is 1. The van der Waals surface area contributed by atoms with Crippen LogP contribution in [-0.2, 0) is 11.3 Å². The molecule has 1 heterocycles. The second-order valence-corrected chi connectivity index (χ2v) is 5.43. The van der Waals surface area contributed by atoms with Crippen molar-refractivity contribution in [2.75, 3.05) is 13.1 Å². The first-order valence-corrected chi connectivity index (χ1v) is 7.21. The molecule has 0 atom stereocenters. The van der Waals surface area contributed by atoms with Gasteiger partial charge in [-0.05, 0) is 18.1 Å². The fourth-order valence-corrected chi connectivity index (χ4v) is 1.87. The van der Waals surface area contributed by atoms with Crippen LogP contribution in [0.4, 0.5) is 0 Å². The molecule has 2 rings (SSSR count). The van der Waals surface area contributed by atoms with E-state index in [1.165, 1.54) is 0 Å². The Morgan fingerprint density at radius 3 is 2.76 bits per heavy atom. The molecule has 2 N–H and O–H groups in total. The first-order chi connectivity index (χ1) is 10.1. The summed E-state index contributed by atoms with van der Waals surface area (Å²) in [6, 6.07) is 9.94. The number of nitrogens with one attached hydrogen (secondary N) is 2. The van der Waals surface area contributed by atoms with Crippen LogP contribution < -0.4 is 10.6 Å². The molecule has 0 aliphatic carbocycles. The molecule has 0 aliphatic heterocycles. The zero-order chi connectivity index (χ0) is 15.1. The highest BCUT2D eigenvalue weighted by Gasteiger charge is 2.03. The molecular weight excluding hydrogens is 264 g/mol. The molecule has 0 aliphatic rings. The average molecular weight is 286 g/mol. The summed E-state index contributed by atoms with van der Waals surface area (Å²) in [7, 11) is 0. The van der Waals surface area contributed by atoms with Gasteiger partial charge in [0, 0.05) is 24.8 Å². The van der Waals surface area contributed by atoms with Crippen LogP contribution in [0.15, 0.2) is 42.7 Å². The van der Waals surface area contributed by atoms with Crippen LogP contribution in [0, 0.1) is 5.92 Å². The quantitative estimate of drug-likeness (QED) is 0.815. The molecule has 0 saturated heterocycles. The molecule has 21 heavy (non-hydrogen) atoms. The van der Waals surface area contributed by atoms with Crippen LogP contribution in [-0.4, -0.2) is 28.8 Å². The van der Waals surface area contributed by atoms with E-state index in [9.17, 15) is 4.79 Å². The lowest BCUT2D eigenvalue weighted by atomic mass is 10.2. The predicted molar refractivity (Wildman–Crippen MR) is 83.1 cm³/mol. The minimum absolute atomic E-state index is 0.0270. The average Bonchev–Trinajstić information content (AvgIpc) is 2.95. The summed E-state index contributed by atoms with van der Waals surface area (Å²) >= 11 is 0. The zero-order valence-corrected chi connectivity index (χ0v) is 12.5. The Bertz CT molecular complexity index is 563. The van der Waals surface area contributed by atoms with Crippen molar-refractivity contribution in [1.82, 2.24) is 20.4 Å². The van der Waals surface area contributed by atoms with Gasteiger partial charge in [0.2, 0.25) is 5.91 Å². The second-order valence-electron chi connectivity index (χ2n) is 5.43. The molecule has 1 amide bonds. The van der Waals surface area contributed by atoms with Gasteiger partial charge < -0.3 is 10.6 Å². The number of carbonyl (C=O) groups is 1. The molecular formula is C16H22N4O. The Morgan fingerprint density at radius 1 is 1.29 bits per heavy atom. The number of rotatable bonds is 7. The summed E-state index contributed by atoms with van der Waals surface area (Å²) < 4.78 is 1.83. The van der Waals surface area contributed by atoms with E-state index >= 15 is 0 Å². The molecule has 1 aromatic carbocycles. The minimum atomic E-state index is 0.0270. The highest BCUT2D eigenvalue weighted by Crippen LogP contribution is 2.07. The SMILES string of the molecule is CC(C)CNC(=O)CNCc1cnn(-c2ccccc2)c1. The van der Waals surface area contributed by atoms with Gasteiger partial charge in [-0.15, -0.1) is 0 Å². The van der Waals surface area contributed by atoms with Crippen molar-refractivity contribution in [3.05, 3.63) is 48.3 Å². The predicted octanol–water partition coefficient (Wildman–Crippen LogP) is 1.73. The normalized spacial score (nSPS) is 10.8. The second kappa shape index (κ2) is 7.59. The van der Waals surface area contributed by atoms with Crippen molar-refractivity contribution < 1.29 is 4.79 Å². The Kier molecular flexibility index (Phi) is 5.51. The van der Waals surface area contributed by atoms with E-state index in [0.29, 0.717) is 25.6 Å². The van der Waals surface area contributed by atoms with Crippen molar-refractivity contribution >= 4 is 5.91 Å². The molecule has 0 fully saturated rings. The van der Waals surface area contributed by atoms with Crippen LogP contribution in [0.1, 0.15) is 19.4 Å². The lowest BCUT2D eigenvalue weighted by Crippen LogP contribution is -2.35. The van der Waals surface area contributed by atoms with E-state index in [1.54, 1.807) is 0 Å². The summed E-state index contributed by atoms with van der Waals surface area (Å²) in [5.41, 5.74) is 2.08. The maximum Gasteiger partial charge on any atom is 0.233 e. The molecule has 5 nitrogen and oxygen atoms in total. The van der Waals surface area contributed by atoms with Crippen molar-refractivity contribution in [1.29, 1.82) is 0 Å². The molecule has 5 heteroatoms. The van der Waals surface area contributed by atoms with Gasteiger partial charge in [-0.2, -0.15) is 5.10 Å². The lowest BCUT2D eigenvalue weighted by molar-refractivity contribution is -0.120. The van der Waals surface area contributed by atoms with Gasteiger partial charge in [0.25, 0.3) is 0 Å². The lowest BCUT2D eigenvalue weighted by Gasteiger charge is -2.07. The van der Waals surface area contributed by atoms with Gasteiger partial charge >= 0.3 is 0 Å². The van der Waals surface area contributed by atoms with E-state index < -0.39 is 0 Å². The van der Waals surface area contributed by atoms with E-state index in [1.807, 2.05) is 47.4 Å². The monoisotopic (exact) mass is 286 g/mol. The summed E-state index contributed by atoms with van der Waals surface area (Å²) in [5.74, 6) is 0.497. The van der Waals surface area contributed by atoms with Crippen molar-refractivity contribution in [2.45, 2.75) is 20.4 Å². The van der Waals surface area contributed by atoms with Gasteiger partial charge in [-0.1, -0.05) is 32.0 Å². The fraction of sp³-hybridized carbons (Fsp3) is 0.375. The van der Waals surface area contributed by atoms with E-state index in [0.717, 1.165) is 11.3 Å². The third-order valence-corrected chi connectivity index (χ3v) is 2.98. The van der Waals surface area contributed by atoms with Crippen molar-refractivity contribution in [3.8, 4) is 5.69 Å². The summed E-state index contributed by atoms with van der Waals surface area (Å²) in [6.45, 7) is 5.81. The maximum absolute atomic E-state index is 11.6. The highest BCUT2D eigenvalue weighted by molar-refractivity contribution is 5.77. The third-order valence-electron chi connectivity index (χ3n) is 2.98. The molecule has 0 radical (unpaired) electrons. The van der Waals surface area contributed by atoms with Crippen molar-refractivity contribution in [3.63, 3.8) is 0 Å². The summed E-state index contributed by atoms with van der Waals surface area (Å²) in [4.78, 5) is 11.6.